The number of anilines is 2. The monoisotopic (exact) mass is 298 g/mol. The summed E-state index contributed by atoms with van der Waals surface area (Å²) in [4.78, 5) is 9.11. The number of aromatic nitrogens is 2. The molecule has 0 aliphatic rings. The van der Waals surface area contributed by atoms with E-state index in [1.165, 1.54) is 0 Å². The highest BCUT2D eigenvalue weighted by Crippen LogP contribution is 2.22. The largest absolute Gasteiger partial charge is 0.370 e. The lowest BCUT2D eigenvalue weighted by atomic mass is 9.96. The van der Waals surface area contributed by atoms with Crippen molar-refractivity contribution in [3.8, 4) is 0 Å². The highest BCUT2D eigenvalue weighted by atomic mass is 32.2. The van der Waals surface area contributed by atoms with E-state index in [1.807, 2.05) is 6.07 Å². The Kier molecular flexibility index (Phi) is 6.39. The summed E-state index contributed by atoms with van der Waals surface area (Å²) in [5.74, 6) is 3.05. The molecule has 6 heteroatoms. The average molecular weight is 298 g/mol. The van der Waals surface area contributed by atoms with Crippen LogP contribution in [-0.2, 0) is 16.2 Å². The number of nitrogens with one attached hydrogen (secondary N) is 2. The van der Waals surface area contributed by atoms with Crippen LogP contribution in [0.4, 0.5) is 11.6 Å². The van der Waals surface area contributed by atoms with Gasteiger partial charge in [0.15, 0.2) is 0 Å². The normalized spacial score (nSPS) is 13.1. The molecule has 1 unspecified atom stereocenters. The second-order valence-corrected chi connectivity index (χ2v) is 7.40. The van der Waals surface area contributed by atoms with Crippen molar-refractivity contribution in [2.45, 2.75) is 39.5 Å². The van der Waals surface area contributed by atoms with Gasteiger partial charge in [0, 0.05) is 47.4 Å². The van der Waals surface area contributed by atoms with Crippen molar-refractivity contribution in [2.24, 2.45) is 0 Å². The van der Waals surface area contributed by atoms with Gasteiger partial charge in [0.2, 0.25) is 0 Å². The zero-order valence-electron chi connectivity index (χ0n) is 13.1. The van der Waals surface area contributed by atoms with Crippen molar-refractivity contribution < 1.29 is 4.21 Å². The van der Waals surface area contributed by atoms with Crippen LogP contribution < -0.4 is 10.6 Å². The van der Waals surface area contributed by atoms with Crippen molar-refractivity contribution in [3.63, 3.8) is 0 Å². The summed E-state index contributed by atoms with van der Waals surface area (Å²) in [6.45, 7) is 9.94. The number of rotatable bonds is 7. The SMILES string of the molecule is CCCNc1cc(NCCS(C)=O)nc(C(C)(C)C)n1. The Balaban J connectivity index is 2.88. The van der Waals surface area contributed by atoms with Crippen LogP contribution >= 0.6 is 0 Å². The summed E-state index contributed by atoms with van der Waals surface area (Å²) in [6, 6.07) is 1.91. The third-order valence-corrected chi connectivity index (χ3v) is 3.43. The van der Waals surface area contributed by atoms with E-state index < -0.39 is 10.8 Å². The van der Waals surface area contributed by atoms with Gasteiger partial charge in [-0.1, -0.05) is 27.7 Å². The summed E-state index contributed by atoms with van der Waals surface area (Å²) in [6.07, 6.45) is 2.75. The fourth-order valence-corrected chi connectivity index (χ4v) is 1.93. The van der Waals surface area contributed by atoms with Gasteiger partial charge in [-0.2, -0.15) is 0 Å². The molecule has 0 amide bonds. The third-order valence-electron chi connectivity index (χ3n) is 2.65. The number of nitrogens with zero attached hydrogens (tertiary/aromatic N) is 2. The van der Waals surface area contributed by atoms with Gasteiger partial charge in [-0.15, -0.1) is 0 Å². The highest BCUT2D eigenvalue weighted by Gasteiger charge is 2.19. The van der Waals surface area contributed by atoms with E-state index in [0.717, 1.165) is 30.4 Å². The Hall–Kier alpha value is -1.17. The fraction of sp³-hybridized carbons (Fsp3) is 0.714. The molecule has 1 heterocycles. The average Bonchev–Trinajstić information content (AvgIpc) is 2.34. The highest BCUT2D eigenvalue weighted by molar-refractivity contribution is 7.84. The topological polar surface area (TPSA) is 66.9 Å². The molecular formula is C14H26N4OS. The van der Waals surface area contributed by atoms with Crippen LogP contribution in [0.5, 0.6) is 0 Å². The maximum absolute atomic E-state index is 11.1. The molecular weight excluding hydrogens is 272 g/mol. The molecule has 1 aromatic rings. The first kappa shape index (κ1) is 16.9. The van der Waals surface area contributed by atoms with Crippen molar-refractivity contribution >= 4 is 22.4 Å². The van der Waals surface area contributed by atoms with Crippen molar-refractivity contribution in [1.29, 1.82) is 0 Å². The second-order valence-electron chi connectivity index (χ2n) is 5.84. The van der Waals surface area contributed by atoms with E-state index in [0.29, 0.717) is 12.3 Å². The molecule has 2 N–H and O–H groups in total. The van der Waals surface area contributed by atoms with Gasteiger partial charge in [0.1, 0.15) is 17.5 Å². The van der Waals surface area contributed by atoms with Gasteiger partial charge < -0.3 is 10.6 Å². The number of hydrogen-bond donors (Lipinski definition) is 2. The molecule has 0 saturated carbocycles. The molecule has 0 fully saturated rings. The minimum atomic E-state index is -0.793. The predicted octanol–water partition coefficient (Wildman–Crippen LogP) is 2.39. The smallest absolute Gasteiger partial charge is 0.138 e. The molecule has 114 valence electrons. The van der Waals surface area contributed by atoms with E-state index in [-0.39, 0.29) is 5.41 Å². The van der Waals surface area contributed by atoms with Crippen LogP contribution in [0.3, 0.4) is 0 Å². The van der Waals surface area contributed by atoms with Crippen LogP contribution in [-0.4, -0.2) is 39.3 Å². The third kappa shape index (κ3) is 5.86. The molecule has 1 aromatic heterocycles. The molecule has 5 nitrogen and oxygen atoms in total. The van der Waals surface area contributed by atoms with Gasteiger partial charge in [0.05, 0.1) is 0 Å². The van der Waals surface area contributed by atoms with Gasteiger partial charge in [-0.3, -0.25) is 4.21 Å². The van der Waals surface area contributed by atoms with Gasteiger partial charge >= 0.3 is 0 Å². The summed E-state index contributed by atoms with van der Waals surface area (Å²) in [5.41, 5.74) is -0.103. The Morgan fingerprint density at radius 1 is 1.15 bits per heavy atom. The lowest BCUT2D eigenvalue weighted by Crippen LogP contribution is -2.19. The first-order valence-corrected chi connectivity index (χ1v) is 8.73. The lowest BCUT2D eigenvalue weighted by molar-refractivity contribution is 0.546. The summed E-state index contributed by atoms with van der Waals surface area (Å²) in [7, 11) is -0.793. The Morgan fingerprint density at radius 2 is 1.70 bits per heavy atom. The van der Waals surface area contributed by atoms with Crippen molar-refractivity contribution in [1.82, 2.24) is 9.97 Å². The van der Waals surface area contributed by atoms with Gasteiger partial charge in [0.25, 0.3) is 0 Å². The Bertz CT molecular complexity index is 457. The first-order chi connectivity index (χ1) is 9.32. The lowest BCUT2D eigenvalue weighted by Gasteiger charge is -2.19. The summed E-state index contributed by atoms with van der Waals surface area (Å²) >= 11 is 0. The molecule has 0 spiro atoms. The van der Waals surface area contributed by atoms with Gasteiger partial charge in [-0.25, -0.2) is 9.97 Å². The quantitative estimate of drug-likeness (QED) is 0.809. The van der Waals surface area contributed by atoms with Gasteiger partial charge in [-0.05, 0) is 6.42 Å². The second kappa shape index (κ2) is 7.57. The molecule has 0 aliphatic heterocycles. The first-order valence-electron chi connectivity index (χ1n) is 7.00. The standard InChI is InChI=1S/C14H26N4OS/c1-6-7-15-11-10-12(16-8-9-20(5)19)18-13(17-11)14(2,3)4/h10H,6-9H2,1-5H3,(H2,15,16,17,18). The predicted molar refractivity (Wildman–Crippen MR) is 86.9 cm³/mol. The van der Waals surface area contributed by atoms with E-state index >= 15 is 0 Å². The maximum atomic E-state index is 11.1. The van der Waals surface area contributed by atoms with E-state index in [9.17, 15) is 4.21 Å². The van der Waals surface area contributed by atoms with E-state index in [2.05, 4.69) is 48.3 Å². The minimum Gasteiger partial charge on any atom is -0.370 e. The van der Waals surface area contributed by atoms with Crippen LogP contribution in [0.1, 0.15) is 39.9 Å². The maximum Gasteiger partial charge on any atom is 0.138 e. The van der Waals surface area contributed by atoms with Crippen LogP contribution in [0.15, 0.2) is 6.07 Å². The fourth-order valence-electron chi connectivity index (χ4n) is 1.54. The van der Waals surface area contributed by atoms with E-state index in [4.69, 9.17) is 0 Å². The van der Waals surface area contributed by atoms with Crippen LogP contribution in [0.2, 0.25) is 0 Å². The summed E-state index contributed by atoms with van der Waals surface area (Å²) < 4.78 is 11.1. The van der Waals surface area contributed by atoms with Crippen molar-refractivity contribution in [3.05, 3.63) is 11.9 Å². The van der Waals surface area contributed by atoms with Crippen LogP contribution in [0, 0.1) is 0 Å². The minimum absolute atomic E-state index is 0.103. The molecule has 0 saturated heterocycles. The van der Waals surface area contributed by atoms with E-state index in [1.54, 1.807) is 6.26 Å². The molecule has 0 aromatic carbocycles. The molecule has 0 bridgehead atoms. The Labute approximate surface area is 124 Å². The zero-order valence-corrected chi connectivity index (χ0v) is 13.9. The molecule has 1 atom stereocenters. The molecule has 0 aliphatic carbocycles. The molecule has 0 radical (unpaired) electrons. The molecule has 1 rings (SSSR count). The number of hydrogen-bond acceptors (Lipinski definition) is 5. The Morgan fingerprint density at radius 3 is 2.15 bits per heavy atom. The summed E-state index contributed by atoms with van der Waals surface area (Å²) in [5, 5.41) is 6.52. The van der Waals surface area contributed by atoms with Crippen LogP contribution in [0.25, 0.3) is 0 Å². The van der Waals surface area contributed by atoms with Crippen molar-refractivity contribution in [2.75, 3.05) is 35.7 Å². The molecule has 20 heavy (non-hydrogen) atoms. The zero-order chi connectivity index (χ0) is 15.2.